The first-order valence-electron chi connectivity index (χ1n) is 5.98. The summed E-state index contributed by atoms with van der Waals surface area (Å²) in [4.78, 5) is 12.5. The van der Waals surface area contributed by atoms with E-state index in [-0.39, 0.29) is 5.78 Å². The lowest BCUT2D eigenvalue weighted by Crippen LogP contribution is -2.20. The van der Waals surface area contributed by atoms with Crippen LogP contribution in [0.5, 0.6) is 0 Å². The zero-order valence-corrected chi connectivity index (χ0v) is 9.64. The number of allylic oxidation sites excluding steroid dienone is 2. The van der Waals surface area contributed by atoms with E-state index in [9.17, 15) is 4.79 Å². The van der Waals surface area contributed by atoms with Crippen LogP contribution in [0.25, 0.3) is 12.2 Å². The number of ketones is 1. The van der Waals surface area contributed by atoms with Crippen LogP contribution in [-0.2, 0) is 6.42 Å². The van der Waals surface area contributed by atoms with Gasteiger partial charge >= 0.3 is 0 Å². The minimum absolute atomic E-state index is 0.0804. The minimum Gasteiger partial charge on any atom is -0.456 e. The first-order chi connectivity index (χ1) is 8.84. The highest BCUT2D eigenvalue weighted by atomic mass is 16.3. The Hall–Kier alpha value is -2.35. The number of carbonyl (C=O) groups excluding carboxylic acids is 1. The quantitative estimate of drug-likeness (QED) is 0.590. The highest BCUT2D eigenvalue weighted by Gasteiger charge is 2.25. The highest BCUT2D eigenvalue weighted by molar-refractivity contribution is 6.13. The van der Waals surface area contributed by atoms with Gasteiger partial charge in [-0.15, -0.1) is 0 Å². The van der Waals surface area contributed by atoms with Gasteiger partial charge in [-0.3, -0.25) is 4.79 Å². The topological polar surface area (TPSA) is 30.2 Å². The van der Waals surface area contributed by atoms with Gasteiger partial charge in [0.2, 0.25) is 0 Å². The molecule has 2 aromatic rings. The van der Waals surface area contributed by atoms with E-state index in [1.165, 1.54) is 0 Å². The van der Waals surface area contributed by atoms with Crippen LogP contribution in [0, 0.1) is 0 Å². The molecular formula is C16H10O2. The predicted molar refractivity (Wildman–Crippen MR) is 68.7 cm³/mol. The van der Waals surface area contributed by atoms with E-state index < -0.39 is 0 Å². The van der Waals surface area contributed by atoms with Crippen LogP contribution >= 0.6 is 0 Å². The molecule has 2 aliphatic rings. The second-order valence-corrected chi connectivity index (χ2v) is 4.54. The zero-order valence-electron chi connectivity index (χ0n) is 9.64. The van der Waals surface area contributed by atoms with Crippen molar-refractivity contribution >= 4 is 17.9 Å². The summed E-state index contributed by atoms with van der Waals surface area (Å²) >= 11 is 0. The molecule has 2 aliphatic carbocycles. The summed E-state index contributed by atoms with van der Waals surface area (Å²) in [5.41, 5.74) is 4.98. The standard InChI is InChI=1S/C16H10O2/c17-16-11-6-2-1-5-10(11)9-14-15(16)12-7-3-4-8-13(12)18-14/h1-6,8-9H,7H2. The molecule has 4 rings (SSSR count). The molecule has 2 nitrogen and oxygen atoms in total. The second kappa shape index (κ2) is 3.33. The number of benzene rings is 1. The summed E-state index contributed by atoms with van der Waals surface area (Å²) in [7, 11) is 0. The molecule has 0 atom stereocenters. The molecule has 1 heterocycles. The van der Waals surface area contributed by atoms with E-state index in [0.717, 1.165) is 34.1 Å². The first-order valence-corrected chi connectivity index (χ1v) is 5.98. The Bertz CT molecular complexity index is 819. The summed E-state index contributed by atoms with van der Waals surface area (Å²) in [6, 6.07) is 7.65. The van der Waals surface area contributed by atoms with Gasteiger partial charge in [0.05, 0.1) is 5.56 Å². The molecule has 1 aromatic heterocycles. The van der Waals surface area contributed by atoms with Gasteiger partial charge in [-0.2, -0.15) is 0 Å². The maximum atomic E-state index is 12.5. The van der Waals surface area contributed by atoms with Crippen LogP contribution < -0.4 is 10.8 Å². The molecule has 0 saturated heterocycles. The number of furan rings is 1. The third kappa shape index (κ3) is 1.15. The number of fused-ring (bicyclic) bond motifs is 4. The fourth-order valence-corrected chi connectivity index (χ4v) is 2.64. The minimum atomic E-state index is 0.0804. The maximum absolute atomic E-state index is 12.5. The summed E-state index contributed by atoms with van der Waals surface area (Å²) in [5, 5.41) is 0. The lowest BCUT2D eigenvalue weighted by molar-refractivity contribution is 0.103. The summed E-state index contributed by atoms with van der Waals surface area (Å²) < 4.78 is 5.77. The third-order valence-corrected chi connectivity index (χ3v) is 3.49. The molecule has 0 unspecified atom stereocenters. The average Bonchev–Trinajstić information content (AvgIpc) is 2.77. The van der Waals surface area contributed by atoms with Crippen molar-refractivity contribution in [1.82, 2.24) is 0 Å². The van der Waals surface area contributed by atoms with Crippen LogP contribution in [0.3, 0.4) is 0 Å². The van der Waals surface area contributed by atoms with Crippen molar-refractivity contribution in [2.75, 3.05) is 0 Å². The van der Waals surface area contributed by atoms with Crippen LogP contribution in [0.2, 0.25) is 0 Å². The van der Waals surface area contributed by atoms with Crippen molar-refractivity contribution in [2.24, 2.45) is 0 Å². The van der Waals surface area contributed by atoms with Crippen molar-refractivity contribution in [3.63, 3.8) is 0 Å². The Balaban J connectivity index is 2.12. The van der Waals surface area contributed by atoms with E-state index in [1.807, 2.05) is 48.6 Å². The summed E-state index contributed by atoms with van der Waals surface area (Å²) in [5.74, 6) is 0.0804. The third-order valence-electron chi connectivity index (χ3n) is 3.49. The van der Waals surface area contributed by atoms with Gasteiger partial charge in [-0.25, -0.2) is 0 Å². The fourth-order valence-electron chi connectivity index (χ4n) is 2.64. The van der Waals surface area contributed by atoms with Crippen molar-refractivity contribution < 1.29 is 9.21 Å². The maximum Gasteiger partial charge on any atom is 0.197 e. The molecule has 0 amide bonds. The molecule has 0 saturated carbocycles. The Morgan fingerprint density at radius 1 is 1.11 bits per heavy atom. The second-order valence-electron chi connectivity index (χ2n) is 4.54. The van der Waals surface area contributed by atoms with Gasteiger partial charge in [-0.1, -0.05) is 36.4 Å². The predicted octanol–water partition coefficient (Wildman–Crippen LogP) is 1.55. The lowest BCUT2D eigenvalue weighted by atomic mass is 9.91. The smallest absolute Gasteiger partial charge is 0.197 e. The van der Waals surface area contributed by atoms with Crippen molar-refractivity contribution in [3.8, 4) is 0 Å². The Morgan fingerprint density at radius 2 is 2.00 bits per heavy atom. The molecule has 86 valence electrons. The first kappa shape index (κ1) is 9.66. The SMILES string of the molecule is O=C1c2ccccc2C=c2oc3c(c21)CC=CC=3. The van der Waals surface area contributed by atoms with Gasteiger partial charge in [-0.05, 0) is 24.1 Å². The molecule has 0 aliphatic heterocycles. The van der Waals surface area contributed by atoms with Gasteiger partial charge in [0, 0.05) is 11.1 Å². The van der Waals surface area contributed by atoms with Gasteiger partial charge in [0.25, 0.3) is 0 Å². The Morgan fingerprint density at radius 3 is 2.94 bits per heavy atom. The highest BCUT2D eigenvalue weighted by Crippen LogP contribution is 2.20. The Labute approximate surface area is 104 Å². The number of carbonyl (C=O) groups is 1. The Kier molecular flexibility index (Phi) is 1.78. The summed E-state index contributed by atoms with van der Waals surface area (Å²) in [6.45, 7) is 0. The lowest BCUT2D eigenvalue weighted by Gasteiger charge is -2.09. The van der Waals surface area contributed by atoms with Gasteiger partial charge in [0.1, 0.15) is 10.8 Å². The molecule has 0 fully saturated rings. The normalized spacial score (nSPS) is 15.2. The van der Waals surface area contributed by atoms with Crippen molar-refractivity contribution in [1.29, 1.82) is 0 Å². The molecule has 0 spiro atoms. The number of hydrogen-bond donors (Lipinski definition) is 0. The van der Waals surface area contributed by atoms with E-state index in [2.05, 4.69) is 0 Å². The van der Waals surface area contributed by atoms with Crippen molar-refractivity contribution in [2.45, 2.75) is 6.42 Å². The monoisotopic (exact) mass is 234 g/mol. The van der Waals surface area contributed by atoms with E-state index in [1.54, 1.807) is 0 Å². The molecular weight excluding hydrogens is 224 g/mol. The van der Waals surface area contributed by atoms with Crippen molar-refractivity contribution in [3.05, 3.63) is 69.5 Å². The largest absolute Gasteiger partial charge is 0.456 e. The van der Waals surface area contributed by atoms with Crippen LogP contribution in [0.4, 0.5) is 0 Å². The fraction of sp³-hybridized carbons (Fsp3) is 0.0625. The van der Waals surface area contributed by atoms with Gasteiger partial charge in [0.15, 0.2) is 5.78 Å². The van der Waals surface area contributed by atoms with E-state index in [0.29, 0.717) is 5.42 Å². The van der Waals surface area contributed by atoms with Crippen LogP contribution in [-0.4, -0.2) is 5.78 Å². The number of hydrogen-bond acceptors (Lipinski definition) is 2. The van der Waals surface area contributed by atoms with Crippen LogP contribution in [0.15, 0.2) is 40.8 Å². The van der Waals surface area contributed by atoms with Gasteiger partial charge < -0.3 is 4.42 Å². The molecule has 0 N–H and O–H groups in total. The summed E-state index contributed by atoms with van der Waals surface area (Å²) in [6.07, 6.45) is 8.66. The molecule has 0 radical (unpaired) electrons. The van der Waals surface area contributed by atoms with E-state index in [4.69, 9.17) is 4.42 Å². The molecule has 1 aromatic carbocycles. The average molecular weight is 234 g/mol. The molecule has 2 heteroatoms. The molecule has 0 bridgehead atoms. The number of rotatable bonds is 0. The zero-order chi connectivity index (χ0) is 12.1. The molecule has 18 heavy (non-hydrogen) atoms. The van der Waals surface area contributed by atoms with Crippen LogP contribution in [0.1, 0.15) is 27.0 Å². The van der Waals surface area contributed by atoms with E-state index >= 15 is 0 Å².